The molecule has 0 spiro atoms. The largest absolute Gasteiger partial charge is 0.412 e. The SMILES string of the molecule is O.O.[AlH2][Cl]. The average molecular weight is 100 g/mol. The van der Waals surface area contributed by atoms with Crippen molar-refractivity contribution in [2.45, 2.75) is 0 Å². The molecule has 4 N–H and O–H groups in total. The molecular formula is H6AlClO2. The van der Waals surface area contributed by atoms with Crippen molar-refractivity contribution in [1.29, 1.82) is 0 Å². The highest BCUT2D eigenvalue weighted by Crippen LogP contribution is 1.29. The molecule has 0 aliphatic heterocycles. The van der Waals surface area contributed by atoms with Crippen LogP contribution in [0.2, 0.25) is 0 Å². The molecule has 0 aromatic rings. The Morgan fingerprint density at radius 2 is 1.00 bits per heavy atom. The maximum absolute atomic E-state index is 4.78. The van der Waals surface area contributed by atoms with E-state index in [1.807, 2.05) is 0 Å². The summed E-state index contributed by atoms with van der Waals surface area (Å²) < 4.78 is 0. The molecule has 0 saturated carbocycles. The Balaban J connectivity index is -0.00000000500. The van der Waals surface area contributed by atoms with E-state index in [0.717, 1.165) is 15.4 Å². The maximum atomic E-state index is 4.78. The van der Waals surface area contributed by atoms with Crippen LogP contribution in [-0.4, -0.2) is 26.3 Å². The summed E-state index contributed by atoms with van der Waals surface area (Å²) in [5, 5.41) is 0. The van der Waals surface area contributed by atoms with Gasteiger partial charge in [-0.05, 0) is 0 Å². The summed E-state index contributed by atoms with van der Waals surface area (Å²) in [5.41, 5.74) is 0. The third kappa shape index (κ3) is 15.1. The topological polar surface area (TPSA) is 63.0 Å². The highest BCUT2D eigenvalue weighted by molar-refractivity contribution is 6.80. The van der Waals surface area contributed by atoms with Gasteiger partial charge in [0.05, 0.1) is 0 Å². The fourth-order valence-electron chi connectivity index (χ4n) is 0. The molecule has 0 radical (unpaired) electrons. The summed E-state index contributed by atoms with van der Waals surface area (Å²) in [6.07, 6.45) is 0. The van der Waals surface area contributed by atoms with Crippen molar-refractivity contribution in [3.8, 4) is 0 Å². The molecule has 0 heterocycles. The van der Waals surface area contributed by atoms with Crippen LogP contribution in [-0.2, 0) is 0 Å². The van der Waals surface area contributed by atoms with E-state index in [0.29, 0.717) is 0 Å². The van der Waals surface area contributed by atoms with Gasteiger partial charge in [-0.25, -0.2) is 0 Å². The molecule has 0 bridgehead atoms. The van der Waals surface area contributed by atoms with E-state index in [1.54, 1.807) is 0 Å². The van der Waals surface area contributed by atoms with Crippen molar-refractivity contribution in [2.24, 2.45) is 0 Å². The molecule has 2 nitrogen and oxygen atoms in total. The molecule has 4 heteroatoms. The highest BCUT2D eigenvalue weighted by atomic mass is 35.6. The van der Waals surface area contributed by atoms with Crippen molar-refractivity contribution in [2.75, 3.05) is 0 Å². The fourth-order valence-corrected chi connectivity index (χ4v) is 0. The van der Waals surface area contributed by atoms with Crippen molar-refractivity contribution in [3.05, 3.63) is 0 Å². The van der Waals surface area contributed by atoms with Crippen LogP contribution in [0.5, 0.6) is 0 Å². The van der Waals surface area contributed by atoms with E-state index in [2.05, 4.69) is 0 Å². The van der Waals surface area contributed by atoms with Crippen LogP contribution >= 0.6 is 10.0 Å². The quantitative estimate of drug-likeness (QED) is 0.320. The lowest BCUT2D eigenvalue weighted by atomic mass is 16.0. The van der Waals surface area contributed by atoms with E-state index in [-0.39, 0.29) is 11.0 Å². The first-order valence-corrected chi connectivity index (χ1v) is 3.40. The third-order valence-corrected chi connectivity index (χ3v) is 0. The summed E-state index contributed by atoms with van der Waals surface area (Å²) in [6, 6.07) is 0. The van der Waals surface area contributed by atoms with E-state index < -0.39 is 0 Å². The van der Waals surface area contributed by atoms with Crippen LogP contribution in [0.1, 0.15) is 0 Å². The Morgan fingerprint density at radius 3 is 1.00 bits per heavy atom. The lowest BCUT2D eigenvalue weighted by Gasteiger charge is -1.01. The van der Waals surface area contributed by atoms with Gasteiger partial charge in [0.15, 0.2) is 0 Å². The minimum Gasteiger partial charge on any atom is -0.412 e. The summed E-state index contributed by atoms with van der Waals surface area (Å²) in [5.74, 6) is 0. The monoisotopic (exact) mass is 100.0 g/mol. The lowest BCUT2D eigenvalue weighted by molar-refractivity contribution is 0.823. The Kier molecular flexibility index (Phi) is 279. The van der Waals surface area contributed by atoms with Crippen LogP contribution in [0.4, 0.5) is 0 Å². The summed E-state index contributed by atoms with van der Waals surface area (Å²) >= 11 is 0.778. The molecule has 0 amide bonds. The van der Waals surface area contributed by atoms with Crippen molar-refractivity contribution in [1.82, 2.24) is 0 Å². The smallest absolute Gasteiger partial charge is 0.353 e. The summed E-state index contributed by atoms with van der Waals surface area (Å²) in [4.78, 5) is 0. The Morgan fingerprint density at radius 1 is 1.00 bits per heavy atom. The van der Waals surface area contributed by atoms with Crippen LogP contribution in [0.3, 0.4) is 0 Å². The van der Waals surface area contributed by atoms with Gasteiger partial charge >= 0.3 is 15.4 Å². The van der Waals surface area contributed by atoms with Gasteiger partial charge in [0.25, 0.3) is 0 Å². The minimum atomic E-state index is 0. The summed E-state index contributed by atoms with van der Waals surface area (Å²) in [6.45, 7) is 0. The molecule has 0 aromatic carbocycles. The Bertz CT molecular complexity index is 6.00. The molecule has 0 aromatic heterocycles. The molecule has 0 saturated heterocycles. The first-order chi connectivity index (χ1) is 1.00. The zero-order chi connectivity index (χ0) is 2.00. The standard InChI is InChI=1S/Al.ClH.2H2O.2H/h;1H;2*1H2;;/q+1;;;;;/p-1. The second kappa shape index (κ2) is 51.1. The molecule has 0 fully saturated rings. The van der Waals surface area contributed by atoms with Gasteiger partial charge in [-0.2, -0.15) is 0 Å². The normalized spacial score (nSPS) is 1.25. The van der Waals surface area contributed by atoms with Crippen molar-refractivity contribution >= 4 is 25.4 Å². The third-order valence-electron chi connectivity index (χ3n) is 0. The second-order valence-electron chi connectivity index (χ2n) is 0. The predicted molar refractivity (Wildman–Crippen MR) is 21.6 cm³/mol. The van der Waals surface area contributed by atoms with Crippen LogP contribution in [0, 0.1) is 0 Å². The zero-order valence-electron chi connectivity index (χ0n) is 2.38. The van der Waals surface area contributed by atoms with Gasteiger partial charge in [0, 0.05) is 0 Å². The number of hydrogen-bond acceptors (Lipinski definition) is 0. The van der Waals surface area contributed by atoms with Gasteiger partial charge < -0.3 is 11.0 Å². The van der Waals surface area contributed by atoms with Crippen molar-refractivity contribution in [3.63, 3.8) is 0 Å². The second-order valence-corrected chi connectivity index (χ2v) is 0. The molecule has 0 atom stereocenters. The Hall–Kier alpha value is 0.742. The fraction of sp³-hybridized carbons (Fsp3) is 0. The van der Waals surface area contributed by atoms with Gasteiger partial charge in [0.1, 0.15) is 0 Å². The molecule has 0 aliphatic rings. The average Bonchev–Trinajstić information content (AvgIpc) is 1.00. The molecule has 0 rings (SSSR count). The number of rotatable bonds is 0. The van der Waals surface area contributed by atoms with Gasteiger partial charge in [-0.3, -0.25) is 10.0 Å². The van der Waals surface area contributed by atoms with Crippen LogP contribution in [0.15, 0.2) is 0 Å². The predicted octanol–water partition coefficient (Wildman–Crippen LogP) is -1.88. The van der Waals surface area contributed by atoms with E-state index in [1.165, 1.54) is 0 Å². The molecule has 0 aliphatic carbocycles. The van der Waals surface area contributed by atoms with Crippen molar-refractivity contribution < 1.29 is 11.0 Å². The van der Waals surface area contributed by atoms with Crippen LogP contribution in [0.25, 0.3) is 0 Å². The van der Waals surface area contributed by atoms with Gasteiger partial charge in [-0.15, -0.1) is 0 Å². The van der Waals surface area contributed by atoms with Gasteiger partial charge in [-0.1, -0.05) is 0 Å². The van der Waals surface area contributed by atoms with Gasteiger partial charge in [0.2, 0.25) is 0 Å². The molecule has 4 heavy (non-hydrogen) atoms. The highest BCUT2D eigenvalue weighted by Gasteiger charge is 1.09. The first kappa shape index (κ1) is 21.9. The Labute approximate surface area is 37.0 Å². The maximum Gasteiger partial charge on any atom is 0.353 e. The van der Waals surface area contributed by atoms with E-state index >= 15 is 0 Å². The van der Waals surface area contributed by atoms with E-state index in [4.69, 9.17) is 10.0 Å². The van der Waals surface area contributed by atoms with E-state index in [9.17, 15) is 0 Å². The minimum absolute atomic E-state index is 0. The summed E-state index contributed by atoms with van der Waals surface area (Å²) in [7, 11) is 4.78. The zero-order valence-corrected chi connectivity index (χ0v) is 5.13. The molecular weight excluding hydrogens is 94.4 g/mol. The number of halogens is 1. The lowest BCUT2D eigenvalue weighted by Crippen LogP contribution is -0.980. The molecule has 0 unspecified atom stereocenters. The van der Waals surface area contributed by atoms with Crippen LogP contribution < -0.4 is 0 Å². The first-order valence-electron chi connectivity index (χ1n) is 0.378. The molecule has 28 valence electrons. The number of hydrogen-bond donors (Lipinski definition) is 0.